The number of hydrogen-bond acceptors (Lipinski definition) is 5. The van der Waals surface area contributed by atoms with Crippen molar-refractivity contribution in [1.29, 1.82) is 0 Å². The second-order valence-corrected chi connectivity index (χ2v) is 9.00. The van der Waals surface area contributed by atoms with Crippen molar-refractivity contribution in [3.63, 3.8) is 0 Å². The van der Waals surface area contributed by atoms with E-state index in [1.807, 2.05) is 20.1 Å². The van der Waals surface area contributed by atoms with Crippen molar-refractivity contribution in [2.24, 2.45) is 0 Å². The van der Waals surface area contributed by atoms with Crippen molar-refractivity contribution < 1.29 is 8.42 Å². The fraction of sp³-hybridized carbons (Fsp3) is 0.692. The first kappa shape index (κ1) is 18.0. The lowest BCUT2D eigenvalue weighted by molar-refractivity contribution is 0.578. The van der Waals surface area contributed by atoms with Gasteiger partial charge >= 0.3 is 0 Å². The fourth-order valence-electron chi connectivity index (χ4n) is 1.72. The van der Waals surface area contributed by atoms with Crippen LogP contribution < -0.4 is 10.0 Å². The Bertz CT molecular complexity index is 512. The summed E-state index contributed by atoms with van der Waals surface area (Å²) in [5, 5.41) is 3.68. The Kier molecular flexibility index (Phi) is 7.53. The van der Waals surface area contributed by atoms with E-state index in [4.69, 9.17) is 0 Å². The Morgan fingerprint density at radius 1 is 1.45 bits per heavy atom. The minimum atomic E-state index is -3.38. The van der Waals surface area contributed by atoms with Gasteiger partial charge in [-0.15, -0.1) is 11.3 Å². The molecule has 0 amide bonds. The van der Waals surface area contributed by atoms with E-state index in [1.165, 1.54) is 11.3 Å². The normalized spacial score (nSPS) is 13.6. The zero-order valence-electron chi connectivity index (χ0n) is 12.5. The lowest BCUT2D eigenvalue weighted by atomic mass is 10.3. The van der Waals surface area contributed by atoms with Crippen molar-refractivity contribution in [2.75, 3.05) is 19.3 Å². The maximum atomic E-state index is 12.3. The number of nitrogens with one attached hydrogen (secondary N) is 2. The first-order valence-electron chi connectivity index (χ1n) is 6.73. The standard InChI is InChI=1S/C13H24N2O2S3/c1-5-14-9-12-8-13(11(3)19-12)20(16,17)15-7-6-10(2)18-4/h8,10,14-15H,5-7,9H2,1-4H3. The van der Waals surface area contributed by atoms with Crippen LogP contribution in [0.1, 0.15) is 30.0 Å². The summed E-state index contributed by atoms with van der Waals surface area (Å²) in [6, 6.07) is 1.78. The molecule has 0 aromatic carbocycles. The zero-order valence-corrected chi connectivity index (χ0v) is 15.0. The van der Waals surface area contributed by atoms with Crippen LogP contribution in [-0.4, -0.2) is 33.0 Å². The second-order valence-electron chi connectivity index (χ2n) is 4.65. The van der Waals surface area contributed by atoms with E-state index >= 15 is 0 Å². The van der Waals surface area contributed by atoms with E-state index in [0.29, 0.717) is 16.7 Å². The molecule has 1 rings (SSSR count). The average molecular weight is 337 g/mol. The van der Waals surface area contributed by atoms with Crippen LogP contribution in [0.3, 0.4) is 0 Å². The van der Waals surface area contributed by atoms with Gasteiger partial charge < -0.3 is 5.32 Å². The van der Waals surface area contributed by atoms with Crippen LogP contribution in [0, 0.1) is 6.92 Å². The Hall–Kier alpha value is -0.0800. The number of rotatable bonds is 9. The van der Waals surface area contributed by atoms with Gasteiger partial charge in [0.25, 0.3) is 0 Å². The van der Waals surface area contributed by atoms with Crippen LogP contribution in [0.25, 0.3) is 0 Å². The summed E-state index contributed by atoms with van der Waals surface area (Å²) in [5.74, 6) is 0. The summed E-state index contributed by atoms with van der Waals surface area (Å²) < 4.78 is 27.3. The quantitative estimate of drug-likeness (QED) is 0.728. The van der Waals surface area contributed by atoms with Gasteiger partial charge in [-0.05, 0) is 32.2 Å². The molecule has 1 aromatic rings. The molecule has 4 nitrogen and oxygen atoms in total. The third kappa shape index (κ3) is 5.37. The number of aryl methyl sites for hydroxylation is 1. The predicted molar refractivity (Wildman–Crippen MR) is 89.2 cm³/mol. The number of thioether (sulfide) groups is 1. The molecule has 0 fully saturated rings. The molecule has 116 valence electrons. The SMILES string of the molecule is CCNCc1cc(S(=O)(=O)NCCC(C)SC)c(C)s1. The van der Waals surface area contributed by atoms with Gasteiger partial charge in [0.2, 0.25) is 10.0 Å². The topological polar surface area (TPSA) is 58.2 Å². The highest BCUT2D eigenvalue weighted by Gasteiger charge is 2.19. The zero-order chi connectivity index (χ0) is 15.2. The molecule has 0 spiro atoms. The molecular weight excluding hydrogens is 312 g/mol. The van der Waals surface area contributed by atoms with Crippen LogP contribution in [-0.2, 0) is 16.6 Å². The van der Waals surface area contributed by atoms with Crippen molar-refractivity contribution in [2.45, 2.75) is 43.9 Å². The van der Waals surface area contributed by atoms with E-state index in [1.54, 1.807) is 17.8 Å². The first-order chi connectivity index (χ1) is 9.40. The first-order valence-corrected chi connectivity index (χ1v) is 10.3. The van der Waals surface area contributed by atoms with Crippen molar-refractivity contribution >= 4 is 33.1 Å². The second kappa shape index (κ2) is 8.38. The Morgan fingerprint density at radius 2 is 2.15 bits per heavy atom. The van der Waals surface area contributed by atoms with E-state index < -0.39 is 10.0 Å². The predicted octanol–water partition coefficient (Wildman–Crippen LogP) is 2.59. The summed E-state index contributed by atoms with van der Waals surface area (Å²) in [7, 11) is -3.38. The summed E-state index contributed by atoms with van der Waals surface area (Å²) in [6.07, 6.45) is 2.88. The molecule has 1 heterocycles. The molecule has 0 saturated carbocycles. The summed E-state index contributed by atoms with van der Waals surface area (Å²) >= 11 is 3.29. The molecule has 1 aromatic heterocycles. The molecule has 1 atom stereocenters. The van der Waals surface area contributed by atoms with Crippen molar-refractivity contribution in [1.82, 2.24) is 10.0 Å². The third-order valence-electron chi connectivity index (χ3n) is 3.01. The number of sulfonamides is 1. The van der Waals surface area contributed by atoms with Gasteiger partial charge in [0.05, 0.1) is 4.90 Å². The van der Waals surface area contributed by atoms with Crippen LogP contribution in [0.2, 0.25) is 0 Å². The fourth-order valence-corrected chi connectivity index (χ4v) is 4.72. The summed E-state index contributed by atoms with van der Waals surface area (Å²) in [6.45, 7) is 8.09. The Balaban J connectivity index is 2.69. The lowest BCUT2D eigenvalue weighted by Gasteiger charge is -2.09. The molecule has 0 aliphatic heterocycles. The molecular formula is C13H24N2O2S3. The highest BCUT2D eigenvalue weighted by Crippen LogP contribution is 2.25. The minimum Gasteiger partial charge on any atom is -0.312 e. The van der Waals surface area contributed by atoms with Crippen LogP contribution in [0.15, 0.2) is 11.0 Å². The van der Waals surface area contributed by atoms with Crippen molar-refractivity contribution in [3.8, 4) is 0 Å². The van der Waals surface area contributed by atoms with Crippen LogP contribution in [0.4, 0.5) is 0 Å². The van der Waals surface area contributed by atoms with Crippen LogP contribution >= 0.6 is 23.1 Å². The van der Waals surface area contributed by atoms with Gasteiger partial charge in [0.15, 0.2) is 0 Å². The molecule has 0 aliphatic carbocycles. The molecule has 1 unspecified atom stereocenters. The van der Waals surface area contributed by atoms with Crippen molar-refractivity contribution in [3.05, 3.63) is 15.8 Å². The Morgan fingerprint density at radius 3 is 2.75 bits per heavy atom. The van der Waals surface area contributed by atoms with Crippen LogP contribution in [0.5, 0.6) is 0 Å². The van der Waals surface area contributed by atoms with Gasteiger partial charge in [-0.2, -0.15) is 11.8 Å². The molecule has 2 N–H and O–H groups in total. The van der Waals surface area contributed by atoms with Gasteiger partial charge in [0, 0.05) is 28.1 Å². The summed E-state index contributed by atoms with van der Waals surface area (Å²) in [5.41, 5.74) is 0. The smallest absolute Gasteiger partial charge is 0.241 e. The maximum absolute atomic E-state index is 12.3. The molecule has 0 aliphatic rings. The molecule has 0 saturated heterocycles. The average Bonchev–Trinajstić information content (AvgIpc) is 2.78. The van der Waals surface area contributed by atoms with E-state index in [-0.39, 0.29) is 0 Å². The largest absolute Gasteiger partial charge is 0.312 e. The van der Waals surface area contributed by atoms with E-state index in [9.17, 15) is 8.42 Å². The molecule has 0 bridgehead atoms. The van der Waals surface area contributed by atoms with E-state index in [2.05, 4.69) is 17.0 Å². The van der Waals surface area contributed by atoms with Gasteiger partial charge in [0.1, 0.15) is 0 Å². The van der Waals surface area contributed by atoms with Gasteiger partial charge in [-0.3, -0.25) is 0 Å². The van der Waals surface area contributed by atoms with Gasteiger partial charge in [-0.25, -0.2) is 13.1 Å². The molecule has 0 radical (unpaired) electrons. The number of hydrogen-bond donors (Lipinski definition) is 2. The summed E-state index contributed by atoms with van der Waals surface area (Å²) in [4.78, 5) is 2.33. The number of thiophene rings is 1. The van der Waals surface area contributed by atoms with Gasteiger partial charge in [-0.1, -0.05) is 13.8 Å². The molecule has 20 heavy (non-hydrogen) atoms. The highest BCUT2D eigenvalue weighted by molar-refractivity contribution is 7.99. The monoisotopic (exact) mass is 336 g/mol. The molecule has 7 heteroatoms. The Labute approximate surface area is 130 Å². The lowest BCUT2D eigenvalue weighted by Crippen LogP contribution is -2.26. The maximum Gasteiger partial charge on any atom is 0.241 e. The minimum absolute atomic E-state index is 0.423. The third-order valence-corrected chi connectivity index (χ3v) is 6.81. The highest BCUT2D eigenvalue weighted by atomic mass is 32.2. The van der Waals surface area contributed by atoms with E-state index in [0.717, 1.165) is 29.3 Å².